The zero-order valence-corrected chi connectivity index (χ0v) is 16.2. The van der Waals surface area contributed by atoms with Crippen LogP contribution in [0.25, 0.3) is 11.3 Å². The predicted octanol–water partition coefficient (Wildman–Crippen LogP) is 3.26. The van der Waals surface area contributed by atoms with Crippen LogP contribution < -0.4 is 10.6 Å². The van der Waals surface area contributed by atoms with E-state index < -0.39 is 5.54 Å². The summed E-state index contributed by atoms with van der Waals surface area (Å²) >= 11 is 1.59. The lowest BCUT2D eigenvalue weighted by atomic mass is 9.83. The highest BCUT2D eigenvalue weighted by molar-refractivity contribution is 7.14. The van der Waals surface area contributed by atoms with Crippen molar-refractivity contribution in [1.29, 1.82) is 0 Å². The summed E-state index contributed by atoms with van der Waals surface area (Å²) in [4.78, 5) is 21.6. The molecular formula is C20H25FN4OS. The molecule has 27 heavy (non-hydrogen) atoms. The third-order valence-electron chi connectivity index (χ3n) is 5.91. The minimum absolute atomic E-state index is 0.185. The summed E-state index contributed by atoms with van der Waals surface area (Å²) < 4.78 is 13.1. The van der Waals surface area contributed by atoms with E-state index in [0.717, 1.165) is 68.3 Å². The number of benzene rings is 1. The number of nitrogens with two attached hydrogens (primary N) is 1. The molecule has 1 amide bonds. The number of carbonyl (C=O) groups excluding carboxylic acids is 1. The fourth-order valence-electron chi connectivity index (χ4n) is 4.27. The molecule has 0 aliphatic carbocycles. The van der Waals surface area contributed by atoms with Gasteiger partial charge in [-0.3, -0.25) is 9.69 Å². The number of anilines is 1. The summed E-state index contributed by atoms with van der Waals surface area (Å²) in [7, 11) is 0. The van der Waals surface area contributed by atoms with Crippen LogP contribution in [-0.4, -0.2) is 47.5 Å². The lowest BCUT2D eigenvalue weighted by Crippen LogP contribution is -2.63. The van der Waals surface area contributed by atoms with Gasteiger partial charge in [0.15, 0.2) is 5.13 Å². The van der Waals surface area contributed by atoms with E-state index >= 15 is 0 Å². The Bertz CT molecular complexity index is 793. The predicted molar refractivity (Wildman–Crippen MR) is 106 cm³/mol. The minimum atomic E-state index is -0.506. The molecule has 0 spiro atoms. The molecule has 3 heterocycles. The zero-order valence-electron chi connectivity index (χ0n) is 15.4. The number of amides is 1. The van der Waals surface area contributed by atoms with Gasteiger partial charge >= 0.3 is 0 Å². The fourth-order valence-corrected chi connectivity index (χ4v) is 5.16. The van der Waals surface area contributed by atoms with Crippen LogP contribution in [0, 0.1) is 5.82 Å². The van der Waals surface area contributed by atoms with Crippen molar-refractivity contribution in [1.82, 2.24) is 9.88 Å². The van der Waals surface area contributed by atoms with Crippen molar-refractivity contribution in [2.45, 2.75) is 37.6 Å². The Morgan fingerprint density at radius 2 is 1.74 bits per heavy atom. The Morgan fingerprint density at radius 1 is 1.07 bits per heavy atom. The number of hydrogen-bond acceptors (Lipinski definition) is 5. The molecule has 0 bridgehead atoms. The number of thiazole rings is 1. The van der Waals surface area contributed by atoms with E-state index in [4.69, 9.17) is 10.7 Å². The van der Waals surface area contributed by atoms with Crippen molar-refractivity contribution in [2.24, 2.45) is 5.73 Å². The van der Waals surface area contributed by atoms with E-state index in [-0.39, 0.29) is 11.7 Å². The second-order valence-electron chi connectivity index (χ2n) is 7.45. The van der Waals surface area contributed by atoms with E-state index in [1.807, 2.05) is 5.38 Å². The van der Waals surface area contributed by atoms with Gasteiger partial charge in [-0.1, -0.05) is 6.42 Å². The van der Waals surface area contributed by atoms with E-state index in [1.165, 1.54) is 18.6 Å². The van der Waals surface area contributed by atoms with Crippen LogP contribution in [0.4, 0.5) is 9.52 Å². The van der Waals surface area contributed by atoms with E-state index in [9.17, 15) is 9.18 Å². The Kier molecular flexibility index (Phi) is 5.14. The van der Waals surface area contributed by atoms with Crippen LogP contribution in [0.3, 0.4) is 0 Å². The number of piperidine rings is 2. The molecule has 2 N–H and O–H groups in total. The van der Waals surface area contributed by atoms with Gasteiger partial charge in [-0.25, -0.2) is 9.37 Å². The average Bonchev–Trinajstić information content (AvgIpc) is 3.19. The molecule has 5 nitrogen and oxygen atoms in total. The molecule has 2 aromatic rings. The largest absolute Gasteiger partial charge is 0.368 e. The van der Waals surface area contributed by atoms with Crippen molar-refractivity contribution >= 4 is 22.4 Å². The van der Waals surface area contributed by atoms with Crippen LogP contribution >= 0.6 is 11.3 Å². The number of hydrogen-bond donors (Lipinski definition) is 1. The van der Waals surface area contributed by atoms with Gasteiger partial charge in [0, 0.05) is 24.0 Å². The first-order valence-corrected chi connectivity index (χ1v) is 10.5. The van der Waals surface area contributed by atoms with Crippen LogP contribution in [0.5, 0.6) is 0 Å². The third-order valence-corrected chi connectivity index (χ3v) is 6.81. The minimum Gasteiger partial charge on any atom is -0.368 e. The number of nitrogens with zero attached hydrogens (tertiary/aromatic N) is 3. The Balaban J connectivity index is 1.47. The monoisotopic (exact) mass is 388 g/mol. The summed E-state index contributed by atoms with van der Waals surface area (Å²) in [5.74, 6) is -0.430. The highest BCUT2D eigenvalue weighted by Gasteiger charge is 2.45. The highest BCUT2D eigenvalue weighted by atomic mass is 32.1. The topological polar surface area (TPSA) is 62.5 Å². The molecule has 0 saturated carbocycles. The normalized spacial score (nSPS) is 20.6. The zero-order chi connectivity index (χ0) is 18.9. The van der Waals surface area contributed by atoms with Gasteiger partial charge in [-0.2, -0.15) is 0 Å². The molecule has 1 aromatic heterocycles. The van der Waals surface area contributed by atoms with Gasteiger partial charge in [-0.15, -0.1) is 11.3 Å². The van der Waals surface area contributed by atoms with Crippen molar-refractivity contribution in [3.05, 3.63) is 35.5 Å². The Hall–Kier alpha value is -1.99. The summed E-state index contributed by atoms with van der Waals surface area (Å²) in [5.41, 5.74) is 7.13. The number of likely N-dealkylation sites (tertiary alicyclic amines) is 1. The van der Waals surface area contributed by atoms with Crippen LogP contribution in [-0.2, 0) is 4.79 Å². The molecule has 2 aliphatic heterocycles. The molecule has 144 valence electrons. The lowest BCUT2D eigenvalue weighted by molar-refractivity contribution is -0.132. The number of primary amides is 1. The number of carbonyl (C=O) groups is 1. The summed E-state index contributed by atoms with van der Waals surface area (Å²) in [5, 5.41) is 2.95. The Morgan fingerprint density at radius 3 is 2.37 bits per heavy atom. The van der Waals surface area contributed by atoms with Gasteiger partial charge in [0.05, 0.1) is 5.69 Å². The maximum Gasteiger partial charge on any atom is 0.238 e. The van der Waals surface area contributed by atoms with Crippen LogP contribution in [0.1, 0.15) is 32.1 Å². The van der Waals surface area contributed by atoms with Gasteiger partial charge in [0.2, 0.25) is 5.91 Å². The first kappa shape index (κ1) is 18.4. The number of rotatable bonds is 4. The van der Waals surface area contributed by atoms with Crippen molar-refractivity contribution in [3.63, 3.8) is 0 Å². The molecule has 0 radical (unpaired) electrons. The van der Waals surface area contributed by atoms with Crippen LogP contribution in [0.2, 0.25) is 0 Å². The standard InChI is InChI=1S/C20H25FN4OS/c21-16-6-4-15(5-7-16)17-14-27-19(23-17)24-12-8-20(9-13-24,18(22)26)25-10-2-1-3-11-25/h4-7,14H,1-3,8-13H2,(H2,22,26). The van der Waals surface area contributed by atoms with E-state index in [1.54, 1.807) is 23.5 Å². The number of aromatic nitrogens is 1. The van der Waals surface area contributed by atoms with Crippen LogP contribution in [0.15, 0.2) is 29.6 Å². The second kappa shape index (κ2) is 7.56. The quantitative estimate of drug-likeness (QED) is 0.873. The first-order valence-electron chi connectivity index (χ1n) is 9.60. The fraction of sp³-hybridized carbons (Fsp3) is 0.500. The van der Waals surface area contributed by atoms with Gasteiger partial charge in [0.1, 0.15) is 11.4 Å². The molecule has 1 aromatic carbocycles. The Labute approximate surface area is 163 Å². The lowest BCUT2D eigenvalue weighted by Gasteiger charge is -2.48. The van der Waals surface area contributed by atoms with Crippen molar-refractivity contribution < 1.29 is 9.18 Å². The summed E-state index contributed by atoms with van der Waals surface area (Å²) in [6.45, 7) is 3.48. The maximum atomic E-state index is 13.1. The van der Waals surface area contributed by atoms with Gasteiger partial charge in [-0.05, 0) is 63.0 Å². The maximum absolute atomic E-state index is 13.1. The molecule has 0 atom stereocenters. The van der Waals surface area contributed by atoms with E-state index in [2.05, 4.69) is 9.80 Å². The first-order chi connectivity index (χ1) is 13.1. The van der Waals surface area contributed by atoms with Crippen molar-refractivity contribution in [3.8, 4) is 11.3 Å². The SMILES string of the molecule is NC(=O)C1(N2CCCCC2)CCN(c2nc(-c3ccc(F)cc3)cs2)CC1. The molecule has 7 heteroatoms. The van der Waals surface area contributed by atoms with Gasteiger partial charge < -0.3 is 10.6 Å². The van der Waals surface area contributed by atoms with Gasteiger partial charge in [0.25, 0.3) is 0 Å². The van der Waals surface area contributed by atoms with Crippen molar-refractivity contribution in [2.75, 3.05) is 31.1 Å². The molecule has 2 fully saturated rings. The third kappa shape index (κ3) is 3.58. The molecule has 2 aliphatic rings. The number of halogens is 1. The molecular weight excluding hydrogens is 363 g/mol. The summed E-state index contributed by atoms with van der Waals surface area (Å²) in [6.07, 6.45) is 5.02. The smallest absolute Gasteiger partial charge is 0.238 e. The summed E-state index contributed by atoms with van der Waals surface area (Å²) in [6, 6.07) is 6.40. The second-order valence-corrected chi connectivity index (χ2v) is 8.29. The molecule has 4 rings (SSSR count). The highest BCUT2D eigenvalue weighted by Crippen LogP contribution is 2.35. The van der Waals surface area contributed by atoms with E-state index in [0.29, 0.717) is 0 Å². The molecule has 0 unspecified atom stereocenters. The molecule has 2 saturated heterocycles. The average molecular weight is 389 g/mol.